The van der Waals surface area contributed by atoms with Gasteiger partial charge in [-0.15, -0.1) is 0 Å². The Morgan fingerprint density at radius 1 is 1.50 bits per heavy atom. The van der Waals surface area contributed by atoms with Crippen molar-refractivity contribution in [3.8, 4) is 5.75 Å². The topological polar surface area (TPSA) is 72.6 Å². The maximum Gasteiger partial charge on any atom is 0.328 e. The summed E-state index contributed by atoms with van der Waals surface area (Å²) >= 11 is 0. The highest BCUT2D eigenvalue weighted by molar-refractivity contribution is 5.85. The molecule has 1 heterocycles. The minimum absolute atomic E-state index is 0.125. The Kier molecular flexibility index (Phi) is 4.14. The fourth-order valence-corrected chi connectivity index (χ4v) is 1.58. The molecule has 0 atom stereocenters. The van der Waals surface area contributed by atoms with Gasteiger partial charge in [-0.1, -0.05) is 5.16 Å². The molecule has 0 amide bonds. The average Bonchev–Trinajstić information content (AvgIpc) is 2.81. The number of aromatic nitrogens is 1. The van der Waals surface area contributed by atoms with E-state index >= 15 is 0 Å². The van der Waals surface area contributed by atoms with E-state index in [4.69, 9.17) is 14.4 Å². The van der Waals surface area contributed by atoms with Gasteiger partial charge in [0.15, 0.2) is 5.76 Å². The SMILES string of the molecule is Cc1cc(COc2ccc(F)cc2/C=C/C(=O)O)on1. The minimum Gasteiger partial charge on any atom is -0.485 e. The fraction of sp³-hybridized carbons (Fsp3) is 0.143. The number of aryl methyl sites for hydroxylation is 1. The molecule has 6 heteroatoms. The molecule has 0 saturated carbocycles. The van der Waals surface area contributed by atoms with Crippen LogP contribution < -0.4 is 4.74 Å². The van der Waals surface area contributed by atoms with Gasteiger partial charge in [0, 0.05) is 17.7 Å². The van der Waals surface area contributed by atoms with Crippen LogP contribution in [0.15, 0.2) is 34.9 Å². The van der Waals surface area contributed by atoms with E-state index in [0.717, 1.165) is 11.8 Å². The number of carboxylic acids is 1. The summed E-state index contributed by atoms with van der Waals surface area (Å²) in [6, 6.07) is 5.58. The third-order valence-electron chi connectivity index (χ3n) is 2.42. The molecule has 1 aromatic heterocycles. The monoisotopic (exact) mass is 277 g/mol. The first-order valence-corrected chi connectivity index (χ1v) is 5.80. The van der Waals surface area contributed by atoms with Crippen molar-refractivity contribution in [1.29, 1.82) is 0 Å². The number of rotatable bonds is 5. The van der Waals surface area contributed by atoms with Crippen molar-refractivity contribution < 1.29 is 23.6 Å². The first-order valence-electron chi connectivity index (χ1n) is 5.80. The Balaban J connectivity index is 2.15. The van der Waals surface area contributed by atoms with Gasteiger partial charge < -0.3 is 14.4 Å². The third-order valence-corrected chi connectivity index (χ3v) is 2.42. The van der Waals surface area contributed by atoms with Crippen molar-refractivity contribution in [3.05, 3.63) is 53.2 Å². The lowest BCUT2D eigenvalue weighted by molar-refractivity contribution is -0.131. The van der Waals surface area contributed by atoms with E-state index in [9.17, 15) is 9.18 Å². The Bertz CT molecular complexity index is 648. The normalized spacial score (nSPS) is 10.9. The lowest BCUT2D eigenvalue weighted by atomic mass is 10.2. The van der Waals surface area contributed by atoms with Crippen molar-refractivity contribution >= 4 is 12.0 Å². The number of carbonyl (C=O) groups is 1. The van der Waals surface area contributed by atoms with Crippen molar-refractivity contribution in [2.45, 2.75) is 13.5 Å². The van der Waals surface area contributed by atoms with Crippen molar-refractivity contribution in [2.24, 2.45) is 0 Å². The molecule has 0 aliphatic carbocycles. The van der Waals surface area contributed by atoms with Crippen LogP contribution in [0.4, 0.5) is 4.39 Å². The molecule has 5 nitrogen and oxygen atoms in total. The molecule has 104 valence electrons. The van der Waals surface area contributed by atoms with Gasteiger partial charge >= 0.3 is 5.97 Å². The molecule has 0 aliphatic rings. The summed E-state index contributed by atoms with van der Waals surface area (Å²) in [5.41, 5.74) is 1.07. The lowest BCUT2D eigenvalue weighted by Gasteiger charge is -2.07. The van der Waals surface area contributed by atoms with Crippen LogP contribution in [0.2, 0.25) is 0 Å². The molecule has 0 aliphatic heterocycles. The first kappa shape index (κ1) is 13.8. The molecule has 0 radical (unpaired) electrons. The molecule has 0 saturated heterocycles. The average molecular weight is 277 g/mol. The highest BCUT2D eigenvalue weighted by Crippen LogP contribution is 2.22. The Hall–Kier alpha value is -2.63. The summed E-state index contributed by atoms with van der Waals surface area (Å²) in [4.78, 5) is 10.5. The van der Waals surface area contributed by atoms with Gasteiger partial charge in [0.25, 0.3) is 0 Å². The Labute approximate surface area is 114 Å². The number of carboxylic acid groups (broad SMARTS) is 1. The summed E-state index contributed by atoms with van der Waals surface area (Å²) in [7, 11) is 0. The maximum absolute atomic E-state index is 13.2. The highest BCUT2D eigenvalue weighted by atomic mass is 19.1. The number of hydrogen-bond donors (Lipinski definition) is 1. The van der Waals surface area contributed by atoms with E-state index in [1.807, 2.05) is 0 Å². The number of benzene rings is 1. The lowest BCUT2D eigenvalue weighted by Crippen LogP contribution is -1.96. The second-order valence-electron chi connectivity index (χ2n) is 4.08. The second kappa shape index (κ2) is 6.01. The predicted octanol–water partition coefficient (Wildman–Crippen LogP) is 2.80. The van der Waals surface area contributed by atoms with Gasteiger partial charge in [0.2, 0.25) is 0 Å². The van der Waals surface area contributed by atoms with Crippen LogP contribution in [0, 0.1) is 12.7 Å². The zero-order valence-electron chi connectivity index (χ0n) is 10.7. The van der Waals surface area contributed by atoms with Crippen LogP contribution in [0.1, 0.15) is 17.0 Å². The highest BCUT2D eigenvalue weighted by Gasteiger charge is 2.06. The largest absolute Gasteiger partial charge is 0.485 e. The summed E-state index contributed by atoms with van der Waals surface area (Å²) in [6.45, 7) is 1.91. The van der Waals surface area contributed by atoms with Crippen LogP contribution in [0.3, 0.4) is 0 Å². The standard InChI is InChI=1S/C14H12FNO4/c1-9-6-12(20-16-9)8-19-13-4-3-11(15)7-10(13)2-5-14(17)18/h2-7H,8H2,1H3,(H,17,18)/b5-2+. The Morgan fingerprint density at radius 2 is 2.30 bits per heavy atom. The molecule has 1 N–H and O–H groups in total. The fourth-order valence-electron chi connectivity index (χ4n) is 1.58. The molecule has 2 aromatic rings. The van der Waals surface area contributed by atoms with Crippen LogP contribution >= 0.6 is 0 Å². The first-order chi connectivity index (χ1) is 9.54. The van der Waals surface area contributed by atoms with E-state index in [1.54, 1.807) is 13.0 Å². The summed E-state index contributed by atoms with van der Waals surface area (Å²) in [5, 5.41) is 12.3. The molecule has 20 heavy (non-hydrogen) atoms. The third kappa shape index (κ3) is 3.68. The van der Waals surface area contributed by atoms with Crippen molar-refractivity contribution in [1.82, 2.24) is 5.16 Å². The molecule has 1 aromatic carbocycles. The number of aliphatic carboxylic acids is 1. The van der Waals surface area contributed by atoms with Crippen molar-refractivity contribution in [3.63, 3.8) is 0 Å². The van der Waals surface area contributed by atoms with E-state index < -0.39 is 11.8 Å². The zero-order valence-corrected chi connectivity index (χ0v) is 10.7. The summed E-state index contributed by atoms with van der Waals surface area (Å²) in [5.74, 6) is -0.707. The minimum atomic E-state index is -1.12. The van der Waals surface area contributed by atoms with Crippen LogP contribution in [0.5, 0.6) is 5.75 Å². The van der Waals surface area contributed by atoms with Crippen LogP contribution in [-0.4, -0.2) is 16.2 Å². The summed E-state index contributed by atoms with van der Waals surface area (Å²) in [6.07, 6.45) is 2.19. The van der Waals surface area contributed by atoms with Gasteiger partial charge in [0.05, 0.1) is 5.69 Å². The second-order valence-corrected chi connectivity index (χ2v) is 4.08. The molecule has 0 fully saturated rings. The van der Waals surface area contributed by atoms with Crippen molar-refractivity contribution in [2.75, 3.05) is 0 Å². The molecular formula is C14H12FNO4. The van der Waals surface area contributed by atoms with E-state index in [1.165, 1.54) is 24.3 Å². The quantitative estimate of drug-likeness (QED) is 0.851. The van der Waals surface area contributed by atoms with Gasteiger partial charge in [0.1, 0.15) is 18.2 Å². The molecular weight excluding hydrogens is 265 g/mol. The van der Waals surface area contributed by atoms with E-state index in [2.05, 4.69) is 5.16 Å². The smallest absolute Gasteiger partial charge is 0.328 e. The molecule has 0 bridgehead atoms. The van der Waals surface area contributed by atoms with Gasteiger partial charge in [-0.05, 0) is 31.2 Å². The number of ether oxygens (including phenoxy) is 1. The summed E-state index contributed by atoms with van der Waals surface area (Å²) < 4.78 is 23.6. The maximum atomic E-state index is 13.2. The van der Waals surface area contributed by atoms with Crippen LogP contribution in [-0.2, 0) is 11.4 Å². The number of hydrogen-bond acceptors (Lipinski definition) is 4. The molecule has 2 rings (SSSR count). The van der Waals surface area contributed by atoms with Gasteiger partial charge in [-0.2, -0.15) is 0 Å². The zero-order chi connectivity index (χ0) is 14.5. The van der Waals surface area contributed by atoms with E-state index in [-0.39, 0.29) is 6.61 Å². The number of nitrogens with zero attached hydrogens (tertiary/aromatic N) is 1. The number of halogens is 1. The van der Waals surface area contributed by atoms with Gasteiger partial charge in [-0.25, -0.2) is 9.18 Å². The molecule has 0 unspecified atom stereocenters. The van der Waals surface area contributed by atoms with E-state index in [0.29, 0.717) is 17.1 Å². The molecule has 0 spiro atoms. The Morgan fingerprint density at radius 3 is 2.95 bits per heavy atom. The van der Waals surface area contributed by atoms with Crippen LogP contribution in [0.25, 0.3) is 6.08 Å². The van der Waals surface area contributed by atoms with Gasteiger partial charge in [-0.3, -0.25) is 0 Å². The predicted molar refractivity (Wildman–Crippen MR) is 68.6 cm³/mol.